The van der Waals surface area contributed by atoms with Gasteiger partial charge >= 0.3 is 0 Å². The minimum Gasteiger partial charge on any atom is -0.389 e. The molecular formula is C10H16O. The van der Waals surface area contributed by atoms with Gasteiger partial charge < -0.3 is 5.11 Å². The Morgan fingerprint density at radius 1 is 1.36 bits per heavy atom. The van der Waals surface area contributed by atoms with Crippen LogP contribution in [0.25, 0.3) is 0 Å². The van der Waals surface area contributed by atoms with E-state index in [1.807, 2.05) is 0 Å². The molecule has 11 heavy (non-hydrogen) atoms. The van der Waals surface area contributed by atoms with Crippen molar-refractivity contribution in [1.82, 2.24) is 0 Å². The molecule has 2 saturated carbocycles. The van der Waals surface area contributed by atoms with E-state index in [9.17, 15) is 5.11 Å². The van der Waals surface area contributed by atoms with Gasteiger partial charge in [-0.15, -0.1) is 0 Å². The van der Waals surface area contributed by atoms with E-state index < -0.39 is 0 Å². The molecule has 2 atom stereocenters. The maximum absolute atomic E-state index is 10.1. The molecule has 0 aromatic carbocycles. The average molecular weight is 152 g/mol. The largest absolute Gasteiger partial charge is 0.389 e. The van der Waals surface area contributed by atoms with Crippen LogP contribution in [0.2, 0.25) is 0 Å². The highest BCUT2D eigenvalue weighted by Gasteiger charge is 2.43. The maximum atomic E-state index is 10.1. The highest BCUT2D eigenvalue weighted by molar-refractivity contribution is 5.14. The predicted molar refractivity (Wildman–Crippen MR) is 45.3 cm³/mol. The summed E-state index contributed by atoms with van der Waals surface area (Å²) in [5.74, 6) is 0.441. The van der Waals surface area contributed by atoms with Gasteiger partial charge in [-0.25, -0.2) is 0 Å². The fraction of sp³-hybridized carbons (Fsp3) is 0.800. The van der Waals surface area contributed by atoms with E-state index in [-0.39, 0.29) is 5.60 Å². The van der Waals surface area contributed by atoms with Crippen LogP contribution in [0.1, 0.15) is 38.5 Å². The minimum absolute atomic E-state index is 0.338. The molecule has 0 amide bonds. The summed E-state index contributed by atoms with van der Waals surface area (Å²) < 4.78 is 0. The number of hydrogen-bond donors (Lipinski definition) is 1. The molecular weight excluding hydrogens is 136 g/mol. The summed E-state index contributed by atoms with van der Waals surface area (Å²) in [6, 6.07) is 0. The summed E-state index contributed by atoms with van der Waals surface area (Å²) in [5, 5.41) is 10.1. The Morgan fingerprint density at radius 2 is 2.09 bits per heavy atom. The van der Waals surface area contributed by atoms with Gasteiger partial charge in [-0.05, 0) is 38.5 Å². The van der Waals surface area contributed by atoms with Crippen LogP contribution in [0, 0.1) is 5.92 Å². The highest BCUT2D eigenvalue weighted by Crippen LogP contribution is 2.47. The van der Waals surface area contributed by atoms with Crippen LogP contribution < -0.4 is 0 Å². The van der Waals surface area contributed by atoms with Gasteiger partial charge in [-0.1, -0.05) is 12.2 Å². The molecule has 1 heteroatoms. The standard InChI is InChI=1S/C10H16O/c1-8-4-2-6-10(11)7-3-5-9(8)10/h9,11H,1-7H2/t9-,10-/m0/s1. The normalized spacial score (nSPS) is 44.1. The number of aliphatic hydroxyl groups is 1. The Hall–Kier alpha value is -0.300. The molecule has 2 aliphatic rings. The van der Waals surface area contributed by atoms with E-state index in [2.05, 4.69) is 6.58 Å². The molecule has 0 spiro atoms. The van der Waals surface area contributed by atoms with E-state index in [1.54, 1.807) is 0 Å². The average Bonchev–Trinajstić information content (AvgIpc) is 2.31. The maximum Gasteiger partial charge on any atom is 0.0712 e. The molecule has 2 rings (SSSR count). The summed E-state index contributed by atoms with van der Waals surface area (Å²) in [6.07, 6.45) is 6.68. The van der Waals surface area contributed by atoms with Crippen LogP contribution >= 0.6 is 0 Å². The second kappa shape index (κ2) is 2.34. The smallest absolute Gasteiger partial charge is 0.0712 e. The van der Waals surface area contributed by atoms with Gasteiger partial charge in [0, 0.05) is 5.92 Å². The van der Waals surface area contributed by atoms with E-state index in [4.69, 9.17) is 0 Å². The van der Waals surface area contributed by atoms with Crippen LogP contribution in [-0.2, 0) is 0 Å². The topological polar surface area (TPSA) is 20.2 Å². The van der Waals surface area contributed by atoms with Gasteiger partial charge in [0.2, 0.25) is 0 Å². The molecule has 0 aliphatic heterocycles. The minimum atomic E-state index is -0.338. The van der Waals surface area contributed by atoms with Gasteiger partial charge in [-0.3, -0.25) is 0 Å². The molecule has 2 fully saturated rings. The molecule has 0 aromatic heterocycles. The zero-order chi connectivity index (χ0) is 7.90. The van der Waals surface area contributed by atoms with Crippen LogP contribution in [0.4, 0.5) is 0 Å². The first-order valence-corrected chi connectivity index (χ1v) is 4.62. The Labute approximate surface area is 68.1 Å². The van der Waals surface area contributed by atoms with E-state index in [0.29, 0.717) is 5.92 Å². The second-order valence-electron chi connectivity index (χ2n) is 4.06. The van der Waals surface area contributed by atoms with Crippen LogP contribution in [-0.4, -0.2) is 10.7 Å². The summed E-state index contributed by atoms with van der Waals surface area (Å²) in [5.41, 5.74) is 0.964. The summed E-state index contributed by atoms with van der Waals surface area (Å²) >= 11 is 0. The fourth-order valence-electron chi connectivity index (χ4n) is 2.73. The summed E-state index contributed by atoms with van der Waals surface area (Å²) in [4.78, 5) is 0. The zero-order valence-corrected chi connectivity index (χ0v) is 6.97. The number of rotatable bonds is 0. The Morgan fingerprint density at radius 3 is 2.82 bits per heavy atom. The van der Waals surface area contributed by atoms with Gasteiger partial charge in [0.15, 0.2) is 0 Å². The van der Waals surface area contributed by atoms with Crippen LogP contribution in [0.15, 0.2) is 12.2 Å². The molecule has 1 N–H and O–H groups in total. The second-order valence-corrected chi connectivity index (χ2v) is 4.06. The van der Waals surface area contributed by atoms with Gasteiger partial charge in [0.05, 0.1) is 5.60 Å². The summed E-state index contributed by atoms with van der Waals surface area (Å²) in [6.45, 7) is 4.04. The Bertz CT molecular complexity index is 185. The van der Waals surface area contributed by atoms with E-state index in [0.717, 1.165) is 25.7 Å². The van der Waals surface area contributed by atoms with E-state index in [1.165, 1.54) is 18.4 Å². The van der Waals surface area contributed by atoms with Gasteiger partial charge in [-0.2, -0.15) is 0 Å². The van der Waals surface area contributed by atoms with Crippen molar-refractivity contribution in [3.63, 3.8) is 0 Å². The number of fused-ring (bicyclic) bond motifs is 1. The monoisotopic (exact) mass is 152 g/mol. The number of hydrogen-bond acceptors (Lipinski definition) is 1. The SMILES string of the molecule is C=C1CCC[C@]2(O)CCC[C@@H]12. The zero-order valence-electron chi connectivity index (χ0n) is 6.97. The third kappa shape index (κ3) is 1.02. The van der Waals surface area contributed by atoms with Crippen molar-refractivity contribution in [3.8, 4) is 0 Å². The Kier molecular flexibility index (Phi) is 1.57. The molecule has 0 unspecified atom stereocenters. The first kappa shape index (κ1) is 7.35. The quantitative estimate of drug-likeness (QED) is 0.528. The van der Waals surface area contributed by atoms with Crippen molar-refractivity contribution in [2.24, 2.45) is 5.92 Å². The van der Waals surface area contributed by atoms with Crippen LogP contribution in [0.3, 0.4) is 0 Å². The van der Waals surface area contributed by atoms with Crippen molar-refractivity contribution in [2.75, 3.05) is 0 Å². The van der Waals surface area contributed by atoms with Crippen molar-refractivity contribution < 1.29 is 5.11 Å². The lowest BCUT2D eigenvalue weighted by Gasteiger charge is -2.36. The molecule has 1 nitrogen and oxygen atoms in total. The molecule has 0 aromatic rings. The van der Waals surface area contributed by atoms with Crippen molar-refractivity contribution >= 4 is 0 Å². The molecule has 0 saturated heterocycles. The first-order chi connectivity index (χ1) is 5.22. The van der Waals surface area contributed by atoms with Gasteiger partial charge in [0.1, 0.15) is 0 Å². The lowest BCUT2D eigenvalue weighted by molar-refractivity contribution is -0.00613. The third-order valence-corrected chi connectivity index (χ3v) is 3.35. The molecule has 0 heterocycles. The molecule has 0 bridgehead atoms. The fourth-order valence-corrected chi connectivity index (χ4v) is 2.73. The van der Waals surface area contributed by atoms with Crippen molar-refractivity contribution in [3.05, 3.63) is 12.2 Å². The molecule has 0 radical (unpaired) electrons. The van der Waals surface area contributed by atoms with Crippen molar-refractivity contribution in [2.45, 2.75) is 44.1 Å². The molecule has 62 valence electrons. The lowest BCUT2D eigenvalue weighted by Crippen LogP contribution is -2.36. The van der Waals surface area contributed by atoms with Crippen molar-refractivity contribution in [1.29, 1.82) is 0 Å². The molecule has 2 aliphatic carbocycles. The summed E-state index contributed by atoms with van der Waals surface area (Å²) in [7, 11) is 0. The highest BCUT2D eigenvalue weighted by atomic mass is 16.3. The lowest BCUT2D eigenvalue weighted by atomic mass is 9.75. The Balaban J connectivity index is 2.22. The third-order valence-electron chi connectivity index (χ3n) is 3.35. The predicted octanol–water partition coefficient (Wildman–Crippen LogP) is 2.26. The first-order valence-electron chi connectivity index (χ1n) is 4.62. The van der Waals surface area contributed by atoms with Gasteiger partial charge in [0.25, 0.3) is 0 Å². The van der Waals surface area contributed by atoms with E-state index >= 15 is 0 Å². The van der Waals surface area contributed by atoms with Crippen LogP contribution in [0.5, 0.6) is 0 Å².